The first kappa shape index (κ1) is 12.7. The Morgan fingerprint density at radius 3 is 2.67 bits per heavy atom. The number of aryl methyl sites for hydroxylation is 1. The second-order valence-corrected chi connectivity index (χ2v) is 5.91. The molecular weight excluding hydrogens is 282 g/mol. The fraction of sp³-hybridized carbons (Fsp3) is 0.625. The van der Waals surface area contributed by atoms with E-state index in [0.29, 0.717) is 5.33 Å². The standard InChI is InChI=1S/C8H14BrN3O2S/c1-7(6-9)12(3)15(13,14)8-4-5-10-11(8)2/h4-5,7H,6H2,1-3H3. The first-order valence-corrected chi connectivity index (χ1v) is 6.99. The summed E-state index contributed by atoms with van der Waals surface area (Å²) in [6, 6.07) is 1.40. The van der Waals surface area contributed by atoms with Crippen molar-refractivity contribution in [1.29, 1.82) is 0 Å². The third-order valence-corrected chi connectivity index (χ3v) is 5.25. The number of nitrogens with zero attached hydrogens (tertiary/aromatic N) is 3. The molecule has 0 bridgehead atoms. The lowest BCUT2D eigenvalue weighted by atomic mass is 10.4. The Kier molecular flexibility index (Phi) is 3.91. The van der Waals surface area contributed by atoms with E-state index < -0.39 is 10.0 Å². The molecule has 86 valence electrons. The van der Waals surface area contributed by atoms with Gasteiger partial charge in [0.2, 0.25) is 0 Å². The Labute approximate surface area is 98.3 Å². The predicted octanol–water partition coefficient (Wildman–Crippen LogP) is 0.824. The molecule has 1 heterocycles. The van der Waals surface area contributed by atoms with Gasteiger partial charge in [-0.1, -0.05) is 15.9 Å². The summed E-state index contributed by atoms with van der Waals surface area (Å²) < 4.78 is 26.8. The first-order chi connectivity index (χ1) is 6.91. The van der Waals surface area contributed by atoms with Crippen molar-refractivity contribution in [2.75, 3.05) is 12.4 Å². The van der Waals surface area contributed by atoms with Crippen molar-refractivity contribution in [1.82, 2.24) is 14.1 Å². The van der Waals surface area contributed by atoms with E-state index in [4.69, 9.17) is 0 Å². The van der Waals surface area contributed by atoms with Crippen LogP contribution >= 0.6 is 15.9 Å². The minimum Gasteiger partial charge on any atom is -0.256 e. The molecule has 7 heteroatoms. The maximum Gasteiger partial charge on any atom is 0.260 e. The second kappa shape index (κ2) is 4.63. The molecule has 0 aliphatic heterocycles. The van der Waals surface area contributed by atoms with Gasteiger partial charge in [-0.05, 0) is 13.0 Å². The van der Waals surface area contributed by atoms with E-state index in [9.17, 15) is 8.42 Å². The van der Waals surface area contributed by atoms with Crippen molar-refractivity contribution in [2.45, 2.75) is 18.0 Å². The summed E-state index contributed by atoms with van der Waals surface area (Å²) in [5.41, 5.74) is 0. The fourth-order valence-corrected chi connectivity index (χ4v) is 3.18. The number of halogens is 1. The third kappa shape index (κ3) is 2.40. The minimum atomic E-state index is -3.43. The van der Waals surface area contributed by atoms with E-state index in [2.05, 4.69) is 21.0 Å². The van der Waals surface area contributed by atoms with Crippen LogP contribution in [0.3, 0.4) is 0 Å². The van der Waals surface area contributed by atoms with Crippen LogP contribution in [0.25, 0.3) is 0 Å². The zero-order valence-electron chi connectivity index (χ0n) is 8.88. The molecule has 0 aromatic carbocycles. The number of hydrogen-bond acceptors (Lipinski definition) is 3. The molecule has 0 aliphatic carbocycles. The van der Waals surface area contributed by atoms with Gasteiger partial charge in [-0.25, -0.2) is 8.42 Å². The number of alkyl halides is 1. The topological polar surface area (TPSA) is 55.2 Å². The molecule has 15 heavy (non-hydrogen) atoms. The monoisotopic (exact) mass is 295 g/mol. The Morgan fingerprint density at radius 1 is 1.67 bits per heavy atom. The minimum absolute atomic E-state index is 0.0927. The van der Waals surface area contributed by atoms with E-state index in [0.717, 1.165) is 0 Å². The molecule has 0 fully saturated rings. The van der Waals surface area contributed by atoms with E-state index in [1.165, 1.54) is 21.3 Å². The van der Waals surface area contributed by atoms with Crippen LogP contribution < -0.4 is 0 Å². The van der Waals surface area contributed by atoms with Crippen LogP contribution in [0.2, 0.25) is 0 Å². The van der Waals surface area contributed by atoms with Crippen LogP contribution in [-0.4, -0.2) is 40.9 Å². The zero-order valence-corrected chi connectivity index (χ0v) is 11.3. The normalized spacial score (nSPS) is 14.5. The molecule has 1 aromatic heterocycles. The van der Waals surface area contributed by atoms with Crippen molar-refractivity contribution in [2.24, 2.45) is 7.05 Å². The largest absolute Gasteiger partial charge is 0.260 e. The summed E-state index contributed by atoms with van der Waals surface area (Å²) in [6.07, 6.45) is 1.47. The van der Waals surface area contributed by atoms with E-state index in [1.807, 2.05) is 6.92 Å². The predicted molar refractivity (Wildman–Crippen MR) is 61.4 cm³/mol. The molecule has 0 saturated carbocycles. The average Bonchev–Trinajstić information content (AvgIpc) is 2.62. The van der Waals surface area contributed by atoms with Crippen LogP contribution in [-0.2, 0) is 17.1 Å². The van der Waals surface area contributed by atoms with Crippen LogP contribution in [0.5, 0.6) is 0 Å². The lowest BCUT2D eigenvalue weighted by Crippen LogP contribution is -2.36. The molecular formula is C8H14BrN3O2S. The Bertz CT molecular complexity index is 429. The van der Waals surface area contributed by atoms with E-state index >= 15 is 0 Å². The molecule has 0 amide bonds. The maximum atomic E-state index is 12.1. The number of hydrogen-bond donors (Lipinski definition) is 0. The van der Waals surface area contributed by atoms with Gasteiger partial charge in [0, 0.05) is 25.5 Å². The molecule has 0 aliphatic rings. The van der Waals surface area contributed by atoms with Crippen LogP contribution in [0.15, 0.2) is 17.3 Å². The molecule has 0 spiro atoms. The van der Waals surface area contributed by atoms with E-state index in [-0.39, 0.29) is 11.1 Å². The van der Waals surface area contributed by atoms with Gasteiger partial charge in [0.1, 0.15) is 0 Å². The van der Waals surface area contributed by atoms with Crippen molar-refractivity contribution >= 4 is 26.0 Å². The van der Waals surface area contributed by atoms with Gasteiger partial charge in [0.05, 0.1) is 6.20 Å². The van der Waals surface area contributed by atoms with Crippen molar-refractivity contribution in [3.05, 3.63) is 12.3 Å². The quantitative estimate of drug-likeness (QED) is 0.773. The van der Waals surface area contributed by atoms with Crippen molar-refractivity contribution < 1.29 is 8.42 Å². The highest BCUT2D eigenvalue weighted by atomic mass is 79.9. The summed E-state index contributed by atoms with van der Waals surface area (Å²) in [5.74, 6) is 0. The van der Waals surface area contributed by atoms with Crippen LogP contribution in [0.4, 0.5) is 0 Å². The number of aromatic nitrogens is 2. The SMILES string of the molecule is CC(CBr)N(C)S(=O)(=O)c1ccnn1C. The fourth-order valence-electron chi connectivity index (χ4n) is 1.10. The van der Waals surface area contributed by atoms with Gasteiger partial charge in [0.25, 0.3) is 10.0 Å². The van der Waals surface area contributed by atoms with Gasteiger partial charge in [-0.2, -0.15) is 9.40 Å². The summed E-state index contributed by atoms with van der Waals surface area (Å²) >= 11 is 3.26. The smallest absolute Gasteiger partial charge is 0.256 e. The summed E-state index contributed by atoms with van der Waals surface area (Å²) in [4.78, 5) is 0. The molecule has 1 atom stereocenters. The summed E-state index contributed by atoms with van der Waals surface area (Å²) in [7, 11) is -0.259. The molecule has 1 unspecified atom stereocenters. The maximum absolute atomic E-state index is 12.1. The zero-order chi connectivity index (χ0) is 11.6. The van der Waals surface area contributed by atoms with E-state index in [1.54, 1.807) is 14.1 Å². The summed E-state index contributed by atoms with van der Waals surface area (Å²) in [5, 5.41) is 4.65. The second-order valence-electron chi connectivity index (χ2n) is 3.32. The third-order valence-electron chi connectivity index (χ3n) is 2.26. The molecule has 0 N–H and O–H groups in total. The first-order valence-electron chi connectivity index (χ1n) is 4.43. The van der Waals surface area contributed by atoms with Gasteiger partial charge in [0.15, 0.2) is 5.03 Å². The number of rotatable bonds is 4. The Balaban J connectivity index is 3.09. The van der Waals surface area contributed by atoms with Crippen LogP contribution in [0, 0.1) is 0 Å². The molecule has 5 nitrogen and oxygen atoms in total. The van der Waals surface area contributed by atoms with Gasteiger partial charge in [-0.15, -0.1) is 0 Å². The molecule has 0 saturated heterocycles. The molecule has 0 radical (unpaired) electrons. The highest BCUT2D eigenvalue weighted by molar-refractivity contribution is 9.09. The highest BCUT2D eigenvalue weighted by Gasteiger charge is 2.27. The van der Waals surface area contributed by atoms with Gasteiger partial charge in [-0.3, -0.25) is 4.68 Å². The highest BCUT2D eigenvalue weighted by Crippen LogP contribution is 2.15. The average molecular weight is 296 g/mol. The molecule has 1 rings (SSSR count). The van der Waals surface area contributed by atoms with Crippen molar-refractivity contribution in [3.8, 4) is 0 Å². The molecule has 1 aromatic rings. The van der Waals surface area contributed by atoms with Gasteiger partial charge < -0.3 is 0 Å². The van der Waals surface area contributed by atoms with Gasteiger partial charge >= 0.3 is 0 Å². The lowest BCUT2D eigenvalue weighted by molar-refractivity contribution is 0.410. The Hall–Kier alpha value is -0.400. The van der Waals surface area contributed by atoms with Crippen molar-refractivity contribution in [3.63, 3.8) is 0 Å². The number of sulfonamides is 1. The Morgan fingerprint density at radius 2 is 2.27 bits per heavy atom. The van der Waals surface area contributed by atoms with Crippen LogP contribution in [0.1, 0.15) is 6.92 Å². The summed E-state index contributed by atoms with van der Waals surface area (Å²) in [6.45, 7) is 1.84. The lowest BCUT2D eigenvalue weighted by Gasteiger charge is -2.22.